The summed E-state index contributed by atoms with van der Waals surface area (Å²) in [6.45, 7) is 0.336. The number of nitrogens with zero attached hydrogens (tertiary/aromatic N) is 2. The Balaban J connectivity index is 2.12. The number of pyridine rings is 1. The van der Waals surface area contributed by atoms with Crippen LogP contribution < -0.4 is 0 Å². The second-order valence-electron chi connectivity index (χ2n) is 5.26. The minimum Gasteiger partial charge on any atom is -0.319 e. The molecule has 5 nitrogen and oxygen atoms in total. The molecule has 0 spiro atoms. The highest BCUT2D eigenvalue weighted by Gasteiger charge is 2.14. The first-order valence-electron chi connectivity index (χ1n) is 6.77. The Morgan fingerprint density at radius 2 is 1.91 bits per heavy atom. The van der Waals surface area contributed by atoms with Crippen LogP contribution in [0.5, 0.6) is 0 Å². The minimum absolute atomic E-state index is 0.0985. The number of sulfone groups is 1. The predicted molar refractivity (Wildman–Crippen MR) is 83.7 cm³/mol. The number of benzene rings is 1. The summed E-state index contributed by atoms with van der Waals surface area (Å²) in [5, 5.41) is 0.567. The van der Waals surface area contributed by atoms with Crippen molar-refractivity contribution in [1.82, 2.24) is 9.55 Å². The van der Waals surface area contributed by atoms with Crippen LogP contribution in [0.25, 0.3) is 11.0 Å². The Morgan fingerprint density at radius 3 is 2.52 bits per heavy atom. The van der Waals surface area contributed by atoms with E-state index in [2.05, 4.69) is 4.98 Å². The fourth-order valence-corrected chi connectivity index (χ4v) is 2.97. The van der Waals surface area contributed by atoms with Crippen LogP contribution in [0.1, 0.15) is 16.1 Å². The predicted octanol–water partition coefficient (Wildman–Crippen LogP) is 2.44. The number of carbonyl (C=O) groups excluding carboxylic acids is 1. The normalized spacial score (nSPS) is 11.7. The van der Waals surface area contributed by atoms with Gasteiger partial charge in [0.2, 0.25) is 0 Å². The summed E-state index contributed by atoms with van der Waals surface area (Å²) >= 11 is 0. The van der Waals surface area contributed by atoms with E-state index in [-0.39, 0.29) is 10.7 Å². The number of halogens is 1. The number of aldehydes is 1. The highest BCUT2D eigenvalue weighted by atomic mass is 32.2. The fraction of sp³-hybridized carbons (Fsp3) is 0.125. The molecule has 3 aromatic rings. The van der Waals surface area contributed by atoms with E-state index in [0.29, 0.717) is 29.6 Å². The smallest absolute Gasteiger partial charge is 0.177 e. The van der Waals surface area contributed by atoms with Crippen molar-refractivity contribution in [1.29, 1.82) is 0 Å². The van der Waals surface area contributed by atoms with Gasteiger partial charge in [0, 0.05) is 24.4 Å². The summed E-state index contributed by atoms with van der Waals surface area (Å²) in [5.41, 5.74) is 1.69. The minimum atomic E-state index is -3.37. The Labute approximate surface area is 132 Å². The molecule has 0 atom stereocenters. The van der Waals surface area contributed by atoms with Gasteiger partial charge in [-0.3, -0.25) is 4.79 Å². The molecule has 0 aliphatic carbocycles. The second-order valence-corrected chi connectivity index (χ2v) is 7.27. The van der Waals surface area contributed by atoms with Gasteiger partial charge in [0.05, 0.1) is 10.6 Å². The Morgan fingerprint density at radius 1 is 1.22 bits per heavy atom. The van der Waals surface area contributed by atoms with E-state index in [9.17, 15) is 17.6 Å². The van der Waals surface area contributed by atoms with Crippen molar-refractivity contribution in [3.8, 4) is 0 Å². The third kappa shape index (κ3) is 3.00. The summed E-state index contributed by atoms with van der Waals surface area (Å²) in [4.78, 5) is 15.6. The van der Waals surface area contributed by atoms with Crippen LogP contribution in [-0.4, -0.2) is 30.5 Å². The molecule has 0 bridgehead atoms. The van der Waals surface area contributed by atoms with Crippen molar-refractivity contribution in [3.63, 3.8) is 0 Å². The average molecular weight is 332 g/mol. The molecule has 1 aromatic carbocycles. The highest BCUT2D eigenvalue weighted by molar-refractivity contribution is 7.90. The Kier molecular flexibility index (Phi) is 3.73. The van der Waals surface area contributed by atoms with E-state index in [1.807, 2.05) is 0 Å². The molecule has 0 aliphatic rings. The quantitative estimate of drug-likeness (QED) is 0.688. The number of hydrogen-bond acceptors (Lipinski definition) is 4. The standard InChI is InChI=1S/C16H13FN2O3S/c1-23(21,22)15-7-12-6-14(10-20)19(16(12)18-8-15)9-11-2-4-13(17)5-3-11/h2-8,10H,9H2,1H3. The van der Waals surface area contributed by atoms with E-state index < -0.39 is 9.84 Å². The lowest BCUT2D eigenvalue weighted by Crippen LogP contribution is -2.05. The highest BCUT2D eigenvalue weighted by Crippen LogP contribution is 2.22. The van der Waals surface area contributed by atoms with Crippen LogP contribution >= 0.6 is 0 Å². The maximum absolute atomic E-state index is 13.0. The van der Waals surface area contributed by atoms with Crippen LogP contribution in [0.15, 0.2) is 47.5 Å². The third-order valence-electron chi connectivity index (χ3n) is 3.54. The van der Waals surface area contributed by atoms with Crippen LogP contribution in [0.4, 0.5) is 4.39 Å². The number of rotatable bonds is 4. The molecule has 23 heavy (non-hydrogen) atoms. The van der Waals surface area contributed by atoms with E-state index in [1.165, 1.54) is 24.4 Å². The Bertz CT molecular complexity index is 992. The molecular weight excluding hydrogens is 319 g/mol. The topological polar surface area (TPSA) is 69.0 Å². The molecule has 0 N–H and O–H groups in total. The molecule has 0 radical (unpaired) electrons. The molecule has 0 saturated carbocycles. The molecule has 7 heteroatoms. The first kappa shape index (κ1) is 15.4. The second kappa shape index (κ2) is 5.58. The lowest BCUT2D eigenvalue weighted by Gasteiger charge is -2.07. The molecule has 0 unspecified atom stereocenters. The number of hydrogen-bond donors (Lipinski definition) is 0. The molecule has 0 fully saturated rings. The van der Waals surface area contributed by atoms with E-state index >= 15 is 0 Å². The zero-order chi connectivity index (χ0) is 16.6. The summed E-state index contributed by atoms with van der Waals surface area (Å²) in [5.74, 6) is -0.336. The largest absolute Gasteiger partial charge is 0.319 e. The maximum Gasteiger partial charge on any atom is 0.177 e. The van der Waals surface area contributed by atoms with Gasteiger partial charge in [-0.2, -0.15) is 0 Å². The Hall–Kier alpha value is -2.54. The average Bonchev–Trinajstić information content (AvgIpc) is 2.86. The molecule has 0 saturated heterocycles. The summed E-state index contributed by atoms with van der Waals surface area (Å²) in [6.07, 6.45) is 3.06. The summed E-state index contributed by atoms with van der Waals surface area (Å²) in [6, 6.07) is 9.02. The monoisotopic (exact) mass is 332 g/mol. The van der Waals surface area contributed by atoms with Crippen molar-refractivity contribution >= 4 is 27.2 Å². The number of fused-ring (bicyclic) bond motifs is 1. The van der Waals surface area contributed by atoms with Crippen molar-refractivity contribution in [3.05, 3.63) is 59.7 Å². The zero-order valence-corrected chi connectivity index (χ0v) is 13.0. The first-order valence-corrected chi connectivity index (χ1v) is 8.66. The molecule has 2 aromatic heterocycles. The van der Waals surface area contributed by atoms with Crippen LogP contribution in [0, 0.1) is 5.82 Å². The van der Waals surface area contributed by atoms with Crippen molar-refractivity contribution < 1.29 is 17.6 Å². The van der Waals surface area contributed by atoms with Crippen molar-refractivity contribution in [2.24, 2.45) is 0 Å². The van der Waals surface area contributed by atoms with E-state index in [4.69, 9.17) is 0 Å². The first-order chi connectivity index (χ1) is 10.9. The lowest BCUT2D eigenvalue weighted by atomic mass is 10.2. The van der Waals surface area contributed by atoms with Gasteiger partial charge in [0.15, 0.2) is 16.1 Å². The van der Waals surface area contributed by atoms with E-state index in [1.54, 1.807) is 22.8 Å². The van der Waals surface area contributed by atoms with Gasteiger partial charge in [0.1, 0.15) is 11.5 Å². The molecular formula is C16H13FN2O3S. The van der Waals surface area contributed by atoms with Gasteiger partial charge in [0.25, 0.3) is 0 Å². The number of carbonyl (C=O) groups is 1. The number of aromatic nitrogens is 2. The van der Waals surface area contributed by atoms with Crippen molar-refractivity contribution in [2.75, 3.05) is 6.26 Å². The van der Waals surface area contributed by atoms with Gasteiger partial charge in [-0.15, -0.1) is 0 Å². The molecule has 2 heterocycles. The SMILES string of the molecule is CS(=O)(=O)c1cnc2c(c1)cc(C=O)n2Cc1ccc(F)cc1. The third-order valence-corrected chi connectivity index (χ3v) is 4.62. The summed E-state index contributed by atoms with van der Waals surface area (Å²) in [7, 11) is -3.37. The van der Waals surface area contributed by atoms with Gasteiger partial charge in [-0.05, 0) is 29.8 Å². The molecule has 0 aliphatic heterocycles. The van der Waals surface area contributed by atoms with Crippen LogP contribution in [0.2, 0.25) is 0 Å². The van der Waals surface area contributed by atoms with Crippen LogP contribution in [-0.2, 0) is 16.4 Å². The fourth-order valence-electron chi connectivity index (χ4n) is 2.38. The van der Waals surface area contributed by atoms with Gasteiger partial charge < -0.3 is 4.57 Å². The zero-order valence-electron chi connectivity index (χ0n) is 12.2. The summed E-state index contributed by atoms with van der Waals surface area (Å²) < 4.78 is 37.9. The van der Waals surface area contributed by atoms with Crippen LogP contribution in [0.3, 0.4) is 0 Å². The molecule has 118 valence electrons. The molecule has 0 amide bonds. The maximum atomic E-state index is 13.0. The van der Waals surface area contributed by atoms with E-state index in [0.717, 1.165) is 11.8 Å². The lowest BCUT2D eigenvalue weighted by molar-refractivity contribution is 0.111. The van der Waals surface area contributed by atoms with Gasteiger partial charge in [-0.25, -0.2) is 17.8 Å². The molecule has 3 rings (SSSR count). The van der Waals surface area contributed by atoms with Gasteiger partial charge in [-0.1, -0.05) is 12.1 Å². The van der Waals surface area contributed by atoms with Gasteiger partial charge >= 0.3 is 0 Å². The van der Waals surface area contributed by atoms with Crippen molar-refractivity contribution in [2.45, 2.75) is 11.4 Å².